The number of para-hydroxylation sites is 1. The Morgan fingerprint density at radius 3 is 2.13 bits per heavy atom. The fraction of sp³-hybridized carbons (Fsp3) is 0.278. The third-order valence-corrected chi connectivity index (χ3v) is 4.16. The van der Waals surface area contributed by atoms with Crippen molar-refractivity contribution < 1.29 is 9.53 Å². The minimum atomic E-state index is 0.0120. The van der Waals surface area contributed by atoms with E-state index in [1.807, 2.05) is 47.4 Å². The molecular weight excluding hydrogens is 312 g/mol. The number of carbonyl (C=O) groups excluding carboxylic acids is 1. The summed E-state index contributed by atoms with van der Waals surface area (Å²) in [6.07, 6.45) is 0. The molecular formula is C18H19ClN2O2. The molecule has 1 aliphatic rings. The largest absolute Gasteiger partial charge is 0.457 e. The molecule has 1 amide bonds. The third-order valence-electron chi connectivity index (χ3n) is 3.93. The molecule has 0 bridgehead atoms. The molecule has 2 aromatic rings. The van der Waals surface area contributed by atoms with Crippen molar-refractivity contribution in [1.29, 1.82) is 0 Å². The molecule has 0 atom stereocenters. The molecule has 5 heteroatoms. The summed E-state index contributed by atoms with van der Waals surface area (Å²) in [7, 11) is 0. The number of ether oxygens (including phenoxy) is 1. The van der Waals surface area contributed by atoms with Gasteiger partial charge in [0.05, 0.1) is 0 Å². The van der Waals surface area contributed by atoms with Gasteiger partial charge in [-0.3, -0.25) is 4.79 Å². The molecule has 23 heavy (non-hydrogen) atoms. The van der Waals surface area contributed by atoms with E-state index in [4.69, 9.17) is 16.3 Å². The van der Waals surface area contributed by atoms with Gasteiger partial charge in [-0.2, -0.15) is 0 Å². The molecule has 0 radical (unpaired) electrons. The maximum Gasteiger partial charge on any atom is 0.237 e. The van der Waals surface area contributed by atoms with Gasteiger partial charge < -0.3 is 14.5 Å². The van der Waals surface area contributed by atoms with E-state index in [1.54, 1.807) is 0 Å². The molecule has 2 aromatic carbocycles. The Morgan fingerprint density at radius 1 is 0.913 bits per heavy atom. The van der Waals surface area contributed by atoms with E-state index in [0.29, 0.717) is 13.1 Å². The van der Waals surface area contributed by atoms with E-state index in [0.717, 1.165) is 30.3 Å². The monoisotopic (exact) mass is 330 g/mol. The third kappa shape index (κ3) is 3.96. The van der Waals surface area contributed by atoms with Crippen LogP contribution in [0.2, 0.25) is 0 Å². The maximum atomic E-state index is 11.6. The van der Waals surface area contributed by atoms with Gasteiger partial charge in [0, 0.05) is 31.9 Å². The molecule has 1 aliphatic heterocycles. The lowest BCUT2D eigenvalue weighted by Gasteiger charge is -2.35. The van der Waals surface area contributed by atoms with E-state index in [-0.39, 0.29) is 11.8 Å². The number of hydrogen-bond donors (Lipinski definition) is 0. The summed E-state index contributed by atoms with van der Waals surface area (Å²) in [6, 6.07) is 17.8. The van der Waals surface area contributed by atoms with Crippen molar-refractivity contribution in [2.45, 2.75) is 0 Å². The average molecular weight is 331 g/mol. The first-order valence-electron chi connectivity index (χ1n) is 7.68. The van der Waals surface area contributed by atoms with Crippen LogP contribution in [0, 0.1) is 0 Å². The van der Waals surface area contributed by atoms with Crippen LogP contribution in [-0.2, 0) is 4.79 Å². The fourth-order valence-electron chi connectivity index (χ4n) is 2.65. The predicted molar refractivity (Wildman–Crippen MR) is 92.5 cm³/mol. The molecule has 3 rings (SSSR count). The molecule has 120 valence electrons. The van der Waals surface area contributed by atoms with Crippen LogP contribution in [0.4, 0.5) is 5.69 Å². The number of halogens is 1. The Bertz CT molecular complexity index is 638. The number of piperazine rings is 1. The quantitative estimate of drug-likeness (QED) is 0.806. The first-order chi connectivity index (χ1) is 11.3. The highest BCUT2D eigenvalue weighted by Crippen LogP contribution is 2.24. The zero-order chi connectivity index (χ0) is 16.1. The Balaban J connectivity index is 1.59. The van der Waals surface area contributed by atoms with Crippen molar-refractivity contribution in [1.82, 2.24) is 4.90 Å². The summed E-state index contributed by atoms with van der Waals surface area (Å²) in [6.45, 7) is 3.07. The molecule has 0 saturated carbocycles. The number of amides is 1. The average Bonchev–Trinajstić information content (AvgIpc) is 2.63. The smallest absolute Gasteiger partial charge is 0.237 e. The molecule has 0 aromatic heterocycles. The number of carbonyl (C=O) groups is 1. The lowest BCUT2D eigenvalue weighted by molar-refractivity contribution is -0.128. The van der Waals surface area contributed by atoms with Gasteiger partial charge in [0.1, 0.15) is 17.4 Å². The number of alkyl halides is 1. The second kappa shape index (κ2) is 7.38. The highest BCUT2D eigenvalue weighted by atomic mass is 35.5. The Morgan fingerprint density at radius 2 is 1.52 bits per heavy atom. The summed E-state index contributed by atoms with van der Waals surface area (Å²) in [5, 5.41) is 0. The van der Waals surface area contributed by atoms with E-state index in [2.05, 4.69) is 17.0 Å². The van der Waals surface area contributed by atoms with Gasteiger partial charge in [0.25, 0.3) is 0 Å². The van der Waals surface area contributed by atoms with Crippen LogP contribution in [0.15, 0.2) is 54.6 Å². The second-order valence-corrected chi connectivity index (χ2v) is 5.68. The van der Waals surface area contributed by atoms with Crippen LogP contribution in [0.25, 0.3) is 0 Å². The Kier molecular flexibility index (Phi) is 5.03. The Hall–Kier alpha value is -2.20. The van der Waals surface area contributed by atoms with Gasteiger partial charge >= 0.3 is 0 Å². The van der Waals surface area contributed by atoms with E-state index in [1.165, 1.54) is 0 Å². The molecule has 4 nitrogen and oxygen atoms in total. The first kappa shape index (κ1) is 15.7. The van der Waals surface area contributed by atoms with Crippen LogP contribution in [0.5, 0.6) is 11.5 Å². The van der Waals surface area contributed by atoms with Crippen molar-refractivity contribution in [3.8, 4) is 11.5 Å². The summed E-state index contributed by atoms with van der Waals surface area (Å²) < 4.78 is 5.80. The van der Waals surface area contributed by atoms with Crippen LogP contribution in [0.3, 0.4) is 0 Å². The summed E-state index contributed by atoms with van der Waals surface area (Å²) in [4.78, 5) is 15.7. The number of anilines is 1. The zero-order valence-corrected chi connectivity index (χ0v) is 13.6. The normalized spacial score (nSPS) is 14.7. The van der Waals surface area contributed by atoms with Crippen molar-refractivity contribution in [3.05, 3.63) is 54.6 Å². The van der Waals surface area contributed by atoms with Crippen LogP contribution in [0.1, 0.15) is 0 Å². The molecule has 0 aliphatic carbocycles. The minimum absolute atomic E-state index is 0.0120. The number of hydrogen-bond acceptors (Lipinski definition) is 3. The van der Waals surface area contributed by atoms with Crippen molar-refractivity contribution in [3.63, 3.8) is 0 Å². The molecule has 1 fully saturated rings. The van der Waals surface area contributed by atoms with E-state index >= 15 is 0 Å². The maximum absolute atomic E-state index is 11.6. The highest BCUT2D eigenvalue weighted by molar-refractivity contribution is 6.27. The predicted octanol–water partition coefficient (Wildman–Crippen LogP) is 3.37. The van der Waals surface area contributed by atoms with Crippen molar-refractivity contribution in [2.24, 2.45) is 0 Å². The summed E-state index contributed by atoms with van der Waals surface area (Å²) in [5.41, 5.74) is 1.14. The molecule has 1 heterocycles. The van der Waals surface area contributed by atoms with Crippen LogP contribution in [-0.4, -0.2) is 42.9 Å². The summed E-state index contributed by atoms with van der Waals surface area (Å²) in [5.74, 6) is 1.72. The topological polar surface area (TPSA) is 32.8 Å². The second-order valence-electron chi connectivity index (χ2n) is 5.41. The Labute approximate surface area is 141 Å². The molecule has 0 spiro atoms. The highest BCUT2D eigenvalue weighted by Gasteiger charge is 2.20. The van der Waals surface area contributed by atoms with Crippen molar-refractivity contribution >= 4 is 23.2 Å². The fourth-order valence-corrected chi connectivity index (χ4v) is 2.82. The lowest BCUT2D eigenvalue weighted by atomic mass is 10.2. The van der Waals surface area contributed by atoms with Gasteiger partial charge in [-0.05, 0) is 36.4 Å². The zero-order valence-electron chi connectivity index (χ0n) is 12.8. The minimum Gasteiger partial charge on any atom is -0.457 e. The van der Waals surface area contributed by atoms with E-state index in [9.17, 15) is 4.79 Å². The van der Waals surface area contributed by atoms with Crippen LogP contribution < -0.4 is 9.64 Å². The van der Waals surface area contributed by atoms with Crippen molar-refractivity contribution in [2.75, 3.05) is 37.0 Å². The first-order valence-corrected chi connectivity index (χ1v) is 8.21. The standard InChI is InChI=1S/C18H19ClN2O2/c19-14-18(22)21-12-10-20(11-13-21)15-6-8-17(9-7-15)23-16-4-2-1-3-5-16/h1-9H,10-14H2. The number of benzene rings is 2. The van der Waals surface area contributed by atoms with E-state index < -0.39 is 0 Å². The van der Waals surface area contributed by atoms with Crippen LogP contribution >= 0.6 is 11.6 Å². The molecule has 0 N–H and O–H groups in total. The number of nitrogens with zero attached hydrogens (tertiary/aromatic N) is 2. The molecule has 0 unspecified atom stereocenters. The van der Waals surface area contributed by atoms with Gasteiger partial charge in [-0.25, -0.2) is 0 Å². The molecule has 1 saturated heterocycles. The SMILES string of the molecule is O=C(CCl)N1CCN(c2ccc(Oc3ccccc3)cc2)CC1. The lowest BCUT2D eigenvalue weighted by Crippen LogP contribution is -2.49. The van der Waals surface area contributed by atoms with Gasteiger partial charge in [0.15, 0.2) is 0 Å². The number of rotatable bonds is 4. The van der Waals surface area contributed by atoms with Gasteiger partial charge in [-0.1, -0.05) is 18.2 Å². The van der Waals surface area contributed by atoms with Gasteiger partial charge in [-0.15, -0.1) is 11.6 Å². The summed E-state index contributed by atoms with van der Waals surface area (Å²) >= 11 is 5.60. The van der Waals surface area contributed by atoms with Gasteiger partial charge in [0.2, 0.25) is 5.91 Å².